The Bertz CT molecular complexity index is 488. The van der Waals surface area contributed by atoms with E-state index in [0.29, 0.717) is 6.54 Å². The molecule has 1 rings (SSSR count). The smallest absolute Gasteiger partial charge is 0.242 e. The van der Waals surface area contributed by atoms with Gasteiger partial charge >= 0.3 is 0 Å². The first-order valence-corrected chi connectivity index (χ1v) is 7.65. The summed E-state index contributed by atoms with van der Waals surface area (Å²) in [6, 6.07) is 9.68. The number of rotatable bonds is 7. The highest BCUT2D eigenvalue weighted by Crippen LogP contribution is 2.13. The van der Waals surface area contributed by atoms with E-state index in [9.17, 15) is 9.59 Å². The molecule has 0 aliphatic carbocycles. The Morgan fingerprint density at radius 1 is 1.14 bits per heavy atom. The summed E-state index contributed by atoms with van der Waals surface area (Å²) in [4.78, 5) is 25.5. The molecular formula is C17H27N3O2. The third-order valence-electron chi connectivity index (χ3n) is 3.70. The van der Waals surface area contributed by atoms with Crippen LogP contribution in [0.25, 0.3) is 0 Å². The topological polar surface area (TPSA) is 61.4 Å². The van der Waals surface area contributed by atoms with Crippen LogP contribution in [0.1, 0.15) is 27.7 Å². The molecule has 22 heavy (non-hydrogen) atoms. The highest BCUT2D eigenvalue weighted by Gasteiger charge is 2.23. The molecule has 5 nitrogen and oxygen atoms in total. The molecule has 0 fully saturated rings. The molecule has 0 aliphatic rings. The van der Waals surface area contributed by atoms with Crippen molar-refractivity contribution < 1.29 is 9.59 Å². The Labute approximate surface area is 133 Å². The molecule has 2 atom stereocenters. The predicted octanol–water partition coefficient (Wildman–Crippen LogP) is 1.79. The van der Waals surface area contributed by atoms with Crippen molar-refractivity contribution in [2.24, 2.45) is 5.92 Å². The first kappa shape index (κ1) is 18.0. The average molecular weight is 305 g/mol. The molecule has 5 heteroatoms. The van der Waals surface area contributed by atoms with Crippen LogP contribution in [0, 0.1) is 5.92 Å². The molecule has 1 aromatic rings. The van der Waals surface area contributed by atoms with Gasteiger partial charge in [-0.05, 0) is 25.0 Å². The SMILES string of the molecule is CC(=O)N[C@H](C(=O)NC[C@@H](C)N(C)c1ccccc1)C(C)C. The van der Waals surface area contributed by atoms with Crippen molar-refractivity contribution in [1.29, 1.82) is 0 Å². The van der Waals surface area contributed by atoms with Crippen LogP contribution in [0.4, 0.5) is 5.69 Å². The van der Waals surface area contributed by atoms with Gasteiger partial charge in [0, 0.05) is 32.2 Å². The fourth-order valence-electron chi connectivity index (χ4n) is 2.17. The molecule has 2 N–H and O–H groups in total. The average Bonchev–Trinajstić information content (AvgIpc) is 2.49. The van der Waals surface area contributed by atoms with Gasteiger partial charge in [0.1, 0.15) is 6.04 Å². The second kappa shape index (κ2) is 8.41. The van der Waals surface area contributed by atoms with Gasteiger partial charge in [0.2, 0.25) is 11.8 Å². The molecule has 0 saturated heterocycles. The van der Waals surface area contributed by atoms with E-state index in [1.54, 1.807) is 0 Å². The summed E-state index contributed by atoms with van der Waals surface area (Å²) in [7, 11) is 2.00. The van der Waals surface area contributed by atoms with E-state index in [1.165, 1.54) is 6.92 Å². The van der Waals surface area contributed by atoms with Crippen molar-refractivity contribution in [1.82, 2.24) is 10.6 Å². The molecule has 0 aliphatic heterocycles. The molecular weight excluding hydrogens is 278 g/mol. The van der Waals surface area contributed by atoms with Gasteiger partial charge in [0.25, 0.3) is 0 Å². The van der Waals surface area contributed by atoms with Crippen molar-refractivity contribution in [3.05, 3.63) is 30.3 Å². The summed E-state index contributed by atoms with van der Waals surface area (Å²) < 4.78 is 0. The Hall–Kier alpha value is -2.04. The van der Waals surface area contributed by atoms with Crippen LogP contribution in [0.2, 0.25) is 0 Å². The van der Waals surface area contributed by atoms with Crippen LogP contribution in [-0.4, -0.2) is 37.5 Å². The Morgan fingerprint density at radius 3 is 2.23 bits per heavy atom. The summed E-state index contributed by atoms with van der Waals surface area (Å²) >= 11 is 0. The van der Waals surface area contributed by atoms with Crippen molar-refractivity contribution >= 4 is 17.5 Å². The minimum Gasteiger partial charge on any atom is -0.370 e. The van der Waals surface area contributed by atoms with Gasteiger partial charge in [-0.15, -0.1) is 0 Å². The van der Waals surface area contributed by atoms with Gasteiger partial charge in [0.15, 0.2) is 0 Å². The minimum absolute atomic E-state index is 0.0473. The van der Waals surface area contributed by atoms with E-state index in [-0.39, 0.29) is 23.8 Å². The van der Waals surface area contributed by atoms with E-state index in [4.69, 9.17) is 0 Å². The maximum Gasteiger partial charge on any atom is 0.242 e. The number of carbonyl (C=O) groups excluding carboxylic acids is 2. The van der Waals surface area contributed by atoms with Crippen molar-refractivity contribution in [2.45, 2.75) is 39.8 Å². The molecule has 0 saturated carbocycles. The van der Waals surface area contributed by atoms with Crippen molar-refractivity contribution in [3.63, 3.8) is 0 Å². The Morgan fingerprint density at radius 2 is 1.73 bits per heavy atom. The van der Waals surface area contributed by atoms with E-state index < -0.39 is 6.04 Å². The Balaban J connectivity index is 2.56. The lowest BCUT2D eigenvalue weighted by Gasteiger charge is -2.28. The lowest BCUT2D eigenvalue weighted by atomic mass is 10.0. The second-order valence-electron chi connectivity index (χ2n) is 5.96. The number of hydrogen-bond acceptors (Lipinski definition) is 3. The molecule has 0 unspecified atom stereocenters. The summed E-state index contributed by atoms with van der Waals surface area (Å²) in [5.74, 6) is -0.284. The molecule has 0 bridgehead atoms. The van der Waals surface area contributed by atoms with E-state index in [1.807, 2.05) is 51.2 Å². The lowest BCUT2D eigenvalue weighted by molar-refractivity contribution is -0.129. The number of hydrogen-bond donors (Lipinski definition) is 2. The van der Waals surface area contributed by atoms with E-state index in [2.05, 4.69) is 22.5 Å². The number of para-hydroxylation sites is 1. The third kappa shape index (κ3) is 5.39. The van der Waals surface area contributed by atoms with Gasteiger partial charge in [-0.3, -0.25) is 9.59 Å². The quantitative estimate of drug-likeness (QED) is 0.807. The second-order valence-corrected chi connectivity index (χ2v) is 5.96. The van der Waals surface area contributed by atoms with Gasteiger partial charge in [0.05, 0.1) is 0 Å². The largest absolute Gasteiger partial charge is 0.370 e. The standard InChI is InChI=1S/C17H27N3O2/c1-12(2)16(19-14(4)21)17(22)18-11-13(3)20(5)15-9-7-6-8-10-15/h6-10,12-13,16H,11H2,1-5H3,(H,18,22)(H,19,21)/t13-,16+/m1/s1. The predicted molar refractivity (Wildman–Crippen MR) is 89.8 cm³/mol. The third-order valence-corrected chi connectivity index (χ3v) is 3.70. The highest BCUT2D eigenvalue weighted by atomic mass is 16.2. The van der Waals surface area contributed by atoms with E-state index >= 15 is 0 Å². The van der Waals surface area contributed by atoms with Gasteiger partial charge in [-0.2, -0.15) is 0 Å². The molecule has 1 aromatic carbocycles. The van der Waals surface area contributed by atoms with Crippen LogP contribution in [0.15, 0.2) is 30.3 Å². The number of likely N-dealkylation sites (N-methyl/N-ethyl adjacent to an activating group) is 1. The zero-order chi connectivity index (χ0) is 16.7. The Kier molecular flexibility index (Phi) is 6.89. The van der Waals surface area contributed by atoms with Gasteiger partial charge in [-0.25, -0.2) is 0 Å². The van der Waals surface area contributed by atoms with Crippen LogP contribution in [-0.2, 0) is 9.59 Å². The molecule has 0 aromatic heterocycles. The van der Waals surface area contributed by atoms with Gasteiger partial charge < -0.3 is 15.5 Å². The number of benzene rings is 1. The fourth-order valence-corrected chi connectivity index (χ4v) is 2.17. The summed E-state index contributed by atoms with van der Waals surface area (Å²) in [5, 5.41) is 5.62. The monoisotopic (exact) mass is 305 g/mol. The number of nitrogens with zero attached hydrogens (tertiary/aromatic N) is 1. The maximum atomic E-state index is 12.2. The molecule has 0 radical (unpaired) electrons. The van der Waals surface area contributed by atoms with Crippen LogP contribution in [0.3, 0.4) is 0 Å². The first-order valence-electron chi connectivity index (χ1n) is 7.65. The molecule has 0 spiro atoms. The van der Waals surface area contributed by atoms with Gasteiger partial charge in [-0.1, -0.05) is 32.0 Å². The lowest BCUT2D eigenvalue weighted by Crippen LogP contribution is -2.51. The number of nitrogens with one attached hydrogen (secondary N) is 2. The van der Waals surface area contributed by atoms with Crippen LogP contribution >= 0.6 is 0 Å². The molecule has 0 heterocycles. The first-order chi connectivity index (χ1) is 10.3. The summed E-state index contributed by atoms with van der Waals surface area (Å²) in [6.07, 6.45) is 0. The fraction of sp³-hybridized carbons (Fsp3) is 0.529. The zero-order valence-corrected chi connectivity index (χ0v) is 14.1. The van der Waals surface area contributed by atoms with E-state index in [0.717, 1.165) is 5.69 Å². The number of amides is 2. The summed E-state index contributed by atoms with van der Waals surface area (Å²) in [6.45, 7) is 7.83. The summed E-state index contributed by atoms with van der Waals surface area (Å²) in [5.41, 5.74) is 1.10. The van der Waals surface area contributed by atoms with Crippen molar-refractivity contribution in [2.75, 3.05) is 18.5 Å². The molecule has 122 valence electrons. The maximum absolute atomic E-state index is 12.2. The van der Waals surface area contributed by atoms with Crippen LogP contribution < -0.4 is 15.5 Å². The van der Waals surface area contributed by atoms with Crippen LogP contribution in [0.5, 0.6) is 0 Å². The normalized spacial score (nSPS) is 13.4. The number of carbonyl (C=O) groups is 2. The molecule has 2 amide bonds. The number of anilines is 1. The minimum atomic E-state index is -0.494. The highest BCUT2D eigenvalue weighted by molar-refractivity contribution is 5.87. The van der Waals surface area contributed by atoms with Crippen molar-refractivity contribution in [3.8, 4) is 0 Å². The zero-order valence-electron chi connectivity index (χ0n) is 14.1.